The SMILES string of the molecule is Oc1cc(C(F)F)c2ncccc2c1. The van der Waals surface area contributed by atoms with E-state index in [1.165, 1.54) is 12.3 Å². The fourth-order valence-electron chi connectivity index (χ4n) is 1.37. The Hall–Kier alpha value is -1.71. The molecule has 0 spiro atoms. The maximum atomic E-state index is 12.5. The highest BCUT2D eigenvalue weighted by Crippen LogP contribution is 2.29. The maximum Gasteiger partial charge on any atom is 0.266 e. The number of hydrogen-bond acceptors (Lipinski definition) is 2. The van der Waals surface area contributed by atoms with Gasteiger partial charge in [0.1, 0.15) is 5.75 Å². The Morgan fingerprint density at radius 3 is 2.79 bits per heavy atom. The molecule has 1 N–H and O–H groups in total. The lowest BCUT2D eigenvalue weighted by Crippen LogP contribution is -1.89. The molecule has 0 saturated heterocycles. The largest absolute Gasteiger partial charge is 0.508 e. The number of hydrogen-bond donors (Lipinski definition) is 1. The number of phenols is 1. The van der Waals surface area contributed by atoms with Crippen molar-refractivity contribution in [2.75, 3.05) is 0 Å². The lowest BCUT2D eigenvalue weighted by Gasteiger charge is -2.05. The number of pyridine rings is 1. The van der Waals surface area contributed by atoms with Crippen LogP contribution in [0.5, 0.6) is 5.75 Å². The first-order chi connectivity index (χ1) is 6.68. The average Bonchev–Trinajstić information content (AvgIpc) is 2.16. The molecular weight excluding hydrogens is 188 g/mol. The molecule has 2 aromatic rings. The summed E-state index contributed by atoms with van der Waals surface area (Å²) in [5, 5.41) is 9.72. The van der Waals surface area contributed by atoms with Crippen LogP contribution >= 0.6 is 0 Å². The fraction of sp³-hybridized carbons (Fsp3) is 0.100. The van der Waals surface area contributed by atoms with E-state index in [4.69, 9.17) is 0 Å². The van der Waals surface area contributed by atoms with Gasteiger partial charge in [0.15, 0.2) is 0 Å². The van der Waals surface area contributed by atoms with Crippen LogP contribution in [0.15, 0.2) is 30.5 Å². The molecule has 1 aromatic heterocycles. The predicted octanol–water partition coefficient (Wildman–Crippen LogP) is 2.88. The molecule has 0 radical (unpaired) electrons. The van der Waals surface area contributed by atoms with Crippen LogP contribution in [0.4, 0.5) is 8.78 Å². The third kappa shape index (κ3) is 1.39. The average molecular weight is 195 g/mol. The molecule has 1 aromatic carbocycles. The highest BCUT2D eigenvalue weighted by Gasteiger charge is 2.13. The smallest absolute Gasteiger partial charge is 0.266 e. The summed E-state index contributed by atoms with van der Waals surface area (Å²) in [7, 11) is 0. The lowest BCUT2D eigenvalue weighted by molar-refractivity contribution is 0.152. The zero-order valence-electron chi connectivity index (χ0n) is 7.11. The van der Waals surface area contributed by atoms with E-state index in [2.05, 4.69) is 4.98 Å². The first-order valence-electron chi connectivity index (χ1n) is 4.04. The number of benzene rings is 1. The van der Waals surface area contributed by atoms with Crippen molar-refractivity contribution < 1.29 is 13.9 Å². The molecule has 1 heterocycles. The summed E-state index contributed by atoms with van der Waals surface area (Å²) < 4.78 is 25.1. The topological polar surface area (TPSA) is 33.1 Å². The number of phenolic OH excluding ortho intramolecular Hbond substituents is 1. The summed E-state index contributed by atoms with van der Waals surface area (Å²) >= 11 is 0. The van der Waals surface area contributed by atoms with Crippen LogP contribution in [0.25, 0.3) is 10.9 Å². The second-order valence-electron chi connectivity index (χ2n) is 2.91. The first-order valence-corrected chi connectivity index (χ1v) is 4.04. The summed E-state index contributed by atoms with van der Waals surface area (Å²) in [6.07, 6.45) is -1.18. The van der Waals surface area contributed by atoms with E-state index in [0.29, 0.717) is 5.39 Å². The molecule has 0 aliphatic rings. The number of nitrogens with zero attached hydrogens (tertiary/aromatic N) is 1. The van der Waals surface area contributed by atoms with Gasteiger partial charge in [-0.25, -0.2) is 8.78 Å². The summed E-state index contributed by atoms with van der Waals surface area (Å²) in [6.45, 7) is 0. The zero-order chi connectivity index (χ0) is 10.1. The third-order valence-corrected chi connectivity index (χ3v) is 1.95. The van der Waals surface area contributed by atoms with Crippen LogP contribution in [0.3, 0.4) is 0 Å². The van der Waals surface area contributed by atoms with Crippen molar-refractivity contribution in [1.29, 1.82) is 0 Å². The molecule has 0 aliphatic carbocycles. The Morgan fingerprint density at radius 1 is 1.29 bits per heavy atom. The van der Waals surface area contributed by atoms with Gasteiger partial charge in [0.2, 0.25) is 0 Å². The highest BCUT2D eigenvalue weighted by molar-refractivity contribution is 5.83. The molecule has 0 bridgehead atoms. The Morgan fingerprint density at radius 2 is 2.07 bits per heavy atom. The summed E-state index contributed by atoms with van der Waals surface area (Å²) in [6, 6.07) is 5.72. The van der Waals surface area contributed by atoms with E-state index in [1.807, 2.05) is 0 Å². The van der Waals surface area contributed by atoms with Crippen LogP contribution in [0.2, 0.25) is 0 Å². The van der Waals surface area contributed by atoms with Gasteiger partial charge in [-0.3, -0.25) is 4.98 Å². The van der Waals surface area contributed by atoms with Crippen LogP contribution in [0.1, 0.15) is 12.0 Å². The molecule has 0 fully saturated rings. The maximum absolute atomic E-state index is 12.5. The van der Waals surface area contributed by atoms with Crippen molar-refractivity contribution in [3.05, 3.63) is 36.0 Å². The zero-order valence-corrected chi connectivity index (χ0v) is 7.11. The standard InChI is InChI=1S/C10H7F2NO/c11-10(12)8-5-7(14)4-6-2-1-3-13-9(6)8/h1-5,10,14H. The minimum Gasteiger partial charge on any atom is -0.508 e. The molecular formula is C10H7F2NO. The lowest BCUT2D eigenvalue weighted by atomic mass is 10.1. The van der Waals surface area contributed by atoms with Gasteiger partial charge >= 0.3 is 0 Å². The highest BCUT2D eigenvalue weighted by atomic mass is 19.3. The van der Waals surface area contributed by atoms with Crippen LogP contribution < -0.4 is 0 Å². The van der Waals surface area contributed by atoms with Crippen LogP contribution in [0, 0.1) is 0 Å². The van der Waals surface area contributed by atoms with Gasteiger partial charge in [0.25, 0.3) is 6.43 Å². The Kier molecular flexibility index (Phi) is 2.04. The number of fused-ring (bicyclic) bond motifs is 1. The summed E-state index contributed by atoms with van der Waals surface area (Å²) in [5.74, 6) is -0.166. The second kappa shape index (κ2) is 3.21. The minimum absolute atomic E-state index is 0.166. The number of alkyl halides is 2. The van der Waals surface area contributed by atoms with Crippen molar-refractivity contribution in [2.45, 2.75) is 6.43 Å². The first kappa shape index (κ1) is 8.87. The molecule has 2 nitrogen and oxygen atoms in total. The van der Waals surface area contributed by atoms with Crippen molar-refractivity contribution in [3.8, 4) is 5.75 Å². The van der Waals surface area contributed by atoms with Crippen LogP contribution in [-0.4, -0.2) is 10.1 Å². The Balaban J connectivity index is 2.80. The molecule has 72 valence electrons. The van der Waals surface area contributed by atoms with E-state index in [0.717, 1.165) is 6.07 Å². The predicted molar refractivity (Wildman–Crippen MR) is 48.4 cm³/mol. The van der Waals surface area contributed by atoms with Gasteiger partial charge in [0, 0.05) is 17.1 Å². The fourth-order valence-corrected chi connectivity index (χ4v) is 1.37. The molecule has 0 unspecified atom stereocenters. The van der Waals surface area contributed by atoms with Crippen molar-refractivity contribution in [2.24, 2.45) is 0 Å². The molecule has 4 heteroatoms. The van der Waals surface area contributed by atoms with E-state index in [1.54, 1.807) is 12.1 Å². The monoisotopic (exact) mass is 195 g/mol. The number of rotatable bonds is 1. The minimum atomic E-state index is -2.63. The number of aromatic hydroxyl groups is 1. The van der Waals surface area contributed by atoms with Crippen molar-refractivity contribution >= 4 is 10.9 Å². The van der Waals surface area contributed by atoms with Gasteiger partial charge in [0.05, 0.1) is 5.52 Å². The normalized spacial score (nSPS) is 11.1. The van der Waals surface area contributed by atoms with E-state index in [-0.39, 0.29) is 16.8 Å². The summed E-state index contributed by atoms with van der Waals surface area (Å²) in [4.78, 5) is 3.85. The van der Waals surface area contributed by atoms with E-state index < -0.39 is 6.43 Å². The Bertz CT molecular complexity index is 471. The quantitative estimate of drug-likeness (QED) is 0.758. The molecule has 0 saturated carbocycles. The van der Waals surface area contributed by atoms with Crippen LogP contribution in [-0.2, 0) is 0 Å². The summed E-state index contributed by atoms with van der Waals surface area (Å²) in [5.41, 5.74) is 0.000833. The molecule has 0 amide bonds. The van der Waals surface area contributed by atoms with Crippen molar-refractivity contribution in [1.82, 2.24) is 4.98 Å². The van der Waals surface area contributed by atoms with Gasteiger partial charge in [-0.1, -0.05) is 6.07 Å². The van der Waals surface area contributed by atoms with Gasteiger partial charge < -0.3 is 5.11 Å². The van der Waals surface area contributed by atoms with E-state index >= 15 is 0 Å². The van der Waals surface area contributed by atoms with E-state index in [9.17, 15) is 13.9 Å². The van der Waals surface area contributed by atoms with Gasteiger partial charge in [-0.15, -0.1) is 0 Å². The van der Waals surface area contributed by atoms with Gasteiger partial charge in [-0.2, -0.15) is 0 Å². The third-order valence-electron chi connectivity index (χ3n) is 1.95. The molecule has 0 atom stereocenters. The molecule has 2 rings (SSSR count). The number of aromatic nitrogens is 1. The second-order valence-corrected chi connectivity index (χ2v) is 2.91. The van der Waals surface area contributed by atoms with Gasteiger partial charge in [-0.05, 0) is 18.2 Å². The number of halogens is 2. The van der Waals surface area contributed by atoms with Crippen molar-refractivity contribution in [3.63, 3.8) is 0 Å². The molecule has 0 aliphatic heterocycles. The molecule has 14 heavy (non-hydrogen) atoms. The Labute approximate surface area is 78.8 Å².